The molecule has 0 spiro atoms. The molecule has 2 aromatic rings. The molecule has 1 amide bonds. The third-order valence-electron chi connectivity index (χ3n) is 6.31. The lowest BCUT2D eigenvalue weighted by Gasteiger charge is -2.33. The lowest BCUT2D eigenvalue weighted by Crippen LogP contribution is -2.42. The summed E-state index contributed by atoms with van der Waals surface area (Å²) < 4.78 is 1.96. The molecule has 6 nitrogen and oxygen atoms in total. The van der Waals surface area contributed by atoms with Crippen molar-refractivity contribution in [3.8, 4) is 0 Å². The number of thioether (sulfide) groups is 1. The first-order valence-electron chi connectivity index (χ1n) is 11.0. The van der Waals surface area contributed by atoms with Crippen molar-refractivity contribution in [2.75, 3.05) is 13.1 Å². The van der Waals surface area contributed by atoms with Crippen molar-refractivity contribution in [3.63, 3.8) is 0 Å². The molecule has 1 saturated carbocycles. The highest BCUT2D eigenvalue weighted by Gasteiger charge is 2.29. The number of amides is 1. The first-order chi connectivity index (χ1) is 14.2. The van der Waals surface area contributed by atoms with Crippen LogP contribution in [0.3, 0.4) is 0 Å². The molecule has 156 valence electrons. The lowest BCUT2D eigenvalue weighted by molar-refractivity contribution is -0.131. The standard InChI is InChI=1S/C22H31N5OS/c1-17(29-22-23-24-25-27(22)20-10-6-3-7-11-20)21(28)26-14-12-19(13-15-26)16-18-8-4-2-5-9-18/h2,4-5,8-9,17,19-20H,3,6-7,10-16H2,1H3/t17-/m0/s1. The van der Waals surface area contributed by atoms with Crippen LogP contribution in [-0.2, 0) is 11.2 Å². The number of nitrogens with zero attached hydrogens (tertiary/aromatic N) is 5. The molecule has 1 aliphatic heterocycles. The average Bonchev–Trinajstić information content (AvgIpc) is 3.23. The predicted octanol–water partition coefficient (Wildman–Crippen LogP) is 4.14. The van der Waals surface area contributed by atoms with E-state index in [0.29, 0.717) is 12.0 Å². The van der Waals surface area contributed by atoms with Gasteiger partial charge in [0.15, 0.2) is 0 Å². The van der Waals surface area contributed by atoms with E-state index in [2.05, 4.69) is 45.9 Å². The van der Waals surface area contributed by atoms with Crippen LogP contribution in [0.1, 0.15) is 63.5 Å². The highest BCUT2D eigenvalue weighted by atomic mass is 32.2. The van der Waals surface area contributed by atoms with E-state index in [1.165, 1.54) is 36.6 Å². The molecule has 4 rings (SSSR count). The summed E-state index contributed by atoms with van der Waals surface area (Å²) in [5, 5.41) is 13.0. The zero-order chi connectivity index (χ0) is 20.1. The van der Waals surface area contributed by atoms with Gasteiger partial charge in [-0.1, -0.05) is 61.4 Å². The van der Waals surface area contributed by atoms with E-state index in [1.807, 2.05) is 16.5 Å². The summed E-state index contributed by atoms with van der Waals surface area (Å²) in [6, 6.07) is 11.1. The van der Waals surface area contributed by atoms with Crippen LogP contribution in [0.25, 0.3) is 0 Å². The van der Waals surface area contributed by atoms with Crippen LogP contribution in [0.2, 0.25) is 0 Å². The number of piperidine rings is 1. The Bertz CT molecular complexity index is 782. The first kappa shape index (κ1) is 20.4. The van der Waals surface area contributed by atoms with Gasteiger partial charge in [-0.15, -0.1) is 5.10 Å². The van der Waals surface area contributed by atoms with Crippen LogP contribution in [0, 0.1) is 5.92 Å². The molecule has 2 heterocycles. The molecule has 29 heavy (non-hydrogen) atoms. The van der Waals surface area contributed by atoms with Crippen LogP contribution in [0.4, 0.5) is 0 Å². The molecule has 0 N–H and O–H groups in total. The van der Waals surface area contributed by atoms with E-state index in [4.69, 9.17) is 0 Å². The van der Waals surface area contributed by atoms with Crippen LogP contribution >= 0.6 is 11.8 Å². The third kappa shape index (κ3) is 5.18. The molecule has 1 aromatic carbocycles. The summed E-state index contributed by atoms with van der Waals surface area (Å²) in [4.78, 5) is 15.0. The van der Waals surface area contributed by atoms with Gasteiger partial charge in [-0.25, -0.2) is 4.68 Å². The molecule has 1 aromatic heterocycles. The fourth-order valence-electron chi connectivity index (χ4n) is 4.59. The molecule has 7 heteroatoms. The Hall–Kier alpha value is -1.89. The van der Waals surface area contributed by atoms with Crippen molar-refractivity contribution in [2.24, 2.45) is 5.92 Å². The predicted molar refractivity (Wildman–Crippen MR) is 115 cm³/mol. The number of hydrogen-bond donors (Lipinski definition) is 0. The number of tetrazole rings is 1. The summed E-state index contributed by atoms with van der Waals surface area (Å²) in [7, 11) is 0. The summed E-state index contributed by atoms with van der Waals surface area (Å²) in [6.07, 6.45) is 9.32. The zero-order valence-corrected chi connectivity index (χ0v) is 18.1. The first-order valence-corrected chi connectivity index (χ1v) is 11.9. The fraction of sp³-hybridized carbons (Fsp3) is 0.636. The maximum absolute atomic E-state index is 13.0. The largest absolute Gasteiger partial charge is 0.342 e. The summed E-state index contributed by atoms with van der Waals surface area (Å²) in [6.45, 7) is 3.70. The van der Waals surface area contributed by atoms with Gasteiger partial charge in [0.25, 0.3) is 0 Å². The molecular formula is C22H31N5OS. The molecule has 0 radical (unpaired) electrons. The Morgan fingerprint density at radius 3 is 2.55 bits per heavy atom. The van der Waals surface area contributed by atoms with Crippen LogP contribution in [-0.4, -0.2) is 49.4 Å². The van der Waals surface area contributed by atoms with E-state index in [9.17, 15) is 4.79 Å². The average molecular weight is 414 g/mol. The fourth-order valence-corrected chi connectivity index (χ4v) is 5.53. The second kappa shape index (κ2) is 9.74. The van der Waals surface area contributed by atoms with E-state index < -0.39 is 0 Å². The Morgan fingerprint density at radius 2 is 1.83 bits per heavy atom. The third-order valence-corrected chi connectivity index (χ3v) is 7.34. The Kier molecular flexibility index (Phi) is 6.85. The van der Waals surface area contributed by atoms with Gasteiger partial charge >= 0.3 is 0 Å². The number of aromatic nitrogens is 4. The Morgan fingerprint density at radius 1 is 1.10 bits per heavy atom. The van der Waals surface area contributed by atoms with Gasteiger partial charge in [-0.2, -0.15) is 0 Å². The molecule has 2 aliphatic rings. The maximum Gasteiger partial charge on any atom is 0.235 e. The Labute approximate surface area is 177 Å². The van der Waals surface area contributed by atoms with Crippen molar-refractivity contribution in [3.05, 3.63) is 35.9 Å². The minimum absolute atomic E-state index is 0.158. The SMILES string of the molecule is C[C@H](Sc1nnnn1C1CCCCC1)C(=O)N1CCC(Cc2ccccc2)CC1. The molecule has 2 fully saturated rings. The normalized spacial score (nSPS) is 20.0. The van der Waals surface area contributed by atoms with E-state index >= 15 is 0 Å². The minimum atomic E-state index is -0.158. The van der Waals surface area contributed by atoms with Gasteiger partial charge in [0.1, 0.15) is 0 Å². The van der Waals surface area contributed by atoms with Crippen molar-refractivity contribution < 1.29 is 4.79 Å². The van der Waals surface area contributed by atoms with Crippen LogP contribution in [0.5, 0.6) is 0 Å². The van der Waals surface area contributed by atoms with Gasteiger partial charge in [-0.05, 0) is 60.9 Å². The van der Waals surface area contributed by atoms with Gasteiger partial charge in [0.05, 0.1) is 11.3 Å². The van der Waals surface area contributed by atoms with E-state index in [-0.39, 0.29) is 11.2 Å². The Balaban J connectivity index is 1.29. The molecule has 1 saturated heterocycles. The number of carbonyl (C=O) groups excluding carboxylic acids is 1. The van der Waals surface area contributed by atoms with Crippen LogP contribution < -0.4 is 0 Å². The zero-order valence-electron chi connectivity index (χ0n) is 17.2. The van der Waals surface area contributed by atoms with Crippen LogP contribution in [0.15, 0.2) is 35.5 Å². The van der Waals surface area contributed by atoms with Crippen molar-refractivity contribution in [2.45, 2.75) is 74.7 Å². The topological polar surface area (TPSA) is 63.9 Å². The second-order valence-electron chi connectivity index (χ2n) is 8.42. The maximum atomic E-state index is 13.0. The minimum Gasteiger partial charge on any atom is -0.342 e. The van der Waals surface area contributed by atoms with E-state index in [0.717, 1.165) is 50.4 Å². The summed E-state index contributed by atoms with van der Waals surface area (Å²) >= 11 is 1.51. The van der Waals surface area contributed by atoms with Crippen molar-refractivity contribution in [1.29, 1.82) is 0 Å². The number of benzene rings is 1. The monoisotopic (exact) mass is 413 g/mol. The smallest absolute Gasteiger partial charge is 0.235 e. The number of rotatable bonds is 6. The molecule has 0 bridgehead atoms. The number of hydrogen-bond acceptors (Lipinski definition) is 5. The van der Waals surface area contributed by atoms with Crippen molar-refractivity contribution >= 4 is 17.7 Å². The highest BCUT2D eigenvalue weighted by molar-refractivity contribution is 8.00. The summed E-state index contributed by atoms with van der Waals surface area (Å²) in [5.74, 6) is 0.884. The van der Waals surface area contributed by atoms with Gasteiger partial charge in [-0.3, -0.25) is 4.79 Å². The van der Waals surface area contributed by atoms with Gasteiger partial charge < -0.3 is 4.90 Å². The number of carbonyl (C=O) groups is 1. The van der Waals surface area contributed by atoms with E-state index in [1.54, 1.807) is 0 Å². The highest BCUT2D eigenvalue weighted by Crippen LogP contribution is 2.32. The number of likely N-dealkylation sites (tertiary alicyclic amines) is 1. The molecular weight excluding hydrogens is 382 g/mol. The second-order valence-corrected chi connectivity index (χ2v) is 9.72. The summed E-state index contributed by atoms with van der Waals surface area (Å²) in [5.41, 5.74) is 1.40. The molecule has 0 unspecified atom stereocenters. The van der Waals surface area contributed by atoms with Crippen molar-refractivity contribution in [1.82, 2.24) is 25.1 Å². The quantitative estimate of drug-likeness (QED) is 0.666. The van der Waals surface area contributed by atoms with Gasteiger partial charge in [0.2, 0.25) is 11.1 Å². The van der Waals surface area contributed by atoms with Gasteiger partial charge in [0, 0.05) is 13.1 Å². The lowest BCUT2D eigenvalue weighted by atomic mass is 9.90. The molecule has 1 aliphatic carbocycles. The molecule has 1 atom stereocenters.